The van der Waals surface area contributed by atoms with Crippen LogP contribution in [-0.2, 0) is 59.4 Å². The zero-order valence-electron chi connectivity index (χ0n) is 56.1. The molecule has 9 atom stereocenters. The normalized spacial score (nSPS) is 20.2. The summed E-state index contributed by atoms with van der Waals surface area (Å²) < 4.78 is 13.2. The van der Waals surface area contributed by atoms with E-state index in [9.17, 15) is 33.9 Å². The minimum atomic E-state index is -1.32. The first-order valence-corrected chi connectivity index (χ1v) is 33.1. The summed E-state index contributed by atoms with van der Waals surface area (Å²) in [6.45, 7) is 12.6. The van der Waals surface area contributed by atoms with Gasteiger partial charge in [0.2, 0.25) is 17.7 Å². The molecule has 0 bridgehead atoms. The van der Waals surface area contributed by atoms with Crippen molar-refractivity contribution in [2.24, 2.45) is 10.8 Å². The third-order valence-corrected chi connectivity index (χ3v) is 20.0. The number of ether oxygens (including phenoxy) is 2. The molecular weight excluding hydrogens is 1210 g/mol. The lowest BCUT2D eigenvalue weighted by atomic mass is 9.80. The van der Waals surface area contributed by atoms with Crippen molar-refractivity contribution in [3.63, 3.8) is 0 Å². The Kier molecular flexibility index (Phi) is 19.7. The van der Waals surface area contributed by atoms with Crippen LogP contribution >= 0.6 is 0 Å². The number of hydrogen-bond donors (Lipinski definition) is 6. The molecule has 11 rings (SSSR count). The van der Waals surface area contributed by atoms with E-state index in [4.69, 9.17) is 9.47 Å². The molecule has 0 radical (unpaired) electrons. The van der Waals surface area contributed by atoms with Gasteiger partial charge in [-0.2, -0.15) is 0 Å². The summed E-state index contributed by atoms with van der Waals surface area (Å²) in [4.78, 5) is 118. The number of methoxy groups -OCH3 is 1. The van der Waals surface area contributed by atoms with Gasteiger partial charge in [0.1, 0.15) is 43.9 Å². The number of rotatable bonds is 18. The summed E-state index contributed by atoms with van der Waals surface area (Å²) in [5.41, 5.74) is 8.46. The number of hydrogen-bond acceptors (Lipinski definition) is 10. The molecule has 1 saturated heterocycles. The molecule has 4 aliphatic rings. The average molecular weight is 1300 g/mol. The maximum Gasteiger partial charge on any atom is 0.407 e. The zero-order chi connectivity index (χ0) is 68.4. The Balaban J connectivity index is 0.840. The van der Waals surface area contributed by atoms with Crippen LogP contribution in [0.3, 0.4) is 0 Å². The number of benzene rings is 6. The number of alkyl carbamates (subject to hydrolysis) is 1. The summed E-state index contributed by atoms with van der Waals surface area (Å²) in [5, 5.41) is 25.7. The number of likely N-dealkylation sites (N-methyl/N-ethyl adjacent to an activating group) is 1. The number of carboxylic acid groups (broad SMARTS) is 1. The van der Waals surface area contributed by atoms with Crippen molar-refractivity contribution in [2.75, 3.05) is 33.9 Å². The van der Waals surface area contributed by atoms with E-state index in [-0.39, 0.29) is 63.6 Å². The highest BCUT2D eigenvalue weighted by Gasteiger charge is 2.60. The molecule has 96 heavy (non-hydrogen) atoms. The Hall–Kier alpha value is -9.66. The Morgan fingerprint density at radius 1 is 0.708 bits per heavy atom. The number of carbonyl (C=O) groups excluding carboxylic acids is 7. The molecule has 1 fully saturated rings. The first-order chi connectivity index (χ1) is 45.9. The fourth-order valence-electron chi connectivity index (χ4n) is 14.7. The van der Waals surface area contributed by atoms with E-state index in [1.807, 2.05) is 148 Å². The Morgan fingerprint density at radius 3 is 1.99 bits per heavy atom. The van der Waals surface area contributed by atoms with Crippen LogP contribution in [0.15, 0.2) is 158 Å². The van der Waals surface area contributed by atoms with Gasteiger partial charge in [-0.1, -0.05) is 175 Å². The van der Waals surface area contributed by atoms with E-state index < -0.39 is 99.5 Å². The lowest BCUT2D eigenvalue weighted by molar-refractivity contribution is -0.917. The number of carbonyl (C=O) groups is 8. The number of likely N-dealkylation sites (tertiary alicyclic amines) is 1. The second-order valence-corrected chi connectivity index (χ2v) is 28.3. The summed E-state index contributed by atoms with van der Waals surface area (Å²) in [5.74, 6) is -2.64. The van der Waals surface area contributed by atoms with E-state index in [0.29, 0.717) is 22.9 Å². The number of aromatic nitrogens is 1. The molecule has 7 aromatic rings. The minimum Gasteiger partial charge on any atom is -0.465 e. The van der Waals surface area contributed by atoms with Gasteiger partial charge in [0.25, 0.3) is 5.91 Å². The number of nitrogens with zero attached hydrogens (tertiary/aromatic N) is 4. The van der Waals surface area contributed by atoms with Crippen LogP contribution in [0.4, 0.5) is 14.4 Å². The number of aryl methyl sites for hydroxylation is 1. The van der Waals surface area contributed by atoms with E-state index in [2.05, 4.69) is 38.7 Å². The molecule has 6 aromatic carbocycles. The van der Waals surface area contributed by atoms with E-state index in [1.54, 1.807) is 46.2 Å². The van der Waals surface area contributed by atoms with Crippen LogP contribution in [-0.4, -0.2) is 142 Å². The SMILES string of the molecule is COC[C@H](c1ccccc1)[N+]1(C(=O)[C@@H](NC(=O)OCC2c3ccccc3-c3ccccc32)C(C)(C)C)Cc2ccccc2C[C@H]1C(=O)NCc1ccc2c(ccn2C(=O)N[C@H]2C[C@@H](C(=O)N[C@@H]3CCCc4ccccc43)N(C(=O)[C@@H](NC(=O)[C@H](C)N(C)C(=O)O)C(C)(C)C)C2)c1. The molecule has 502 valence electrons. The van der Waals surface area contributed by atoms with Gasteiger partial charge in [-0.05, 0) is 106 Å². The molecule has 20 heteroatoms. The van der Waals surface area contributed by atoms with Gasteiger partial charge in [0, 0.05) is 62.3 Å². The molecular formula is C76H88N9O11+. The monoisotopic (exact) mass is 1300 g/mol. The minimum absolute atomic E-state index is 0.0344. The van der Waals surface area contributed by atoms with Gasteiger partial charge < -0.3 is 46.1 Å². The van der Waals surface area contributed by atoms with Crippen molar-refractivity contribution in [1.29, 1.82) is 0 Å². The second-order valence-electron chi connectivity index (χ2n) is 28.3. The predicted molar refractivity (Wildman–Crippen MR) is 364 cm³/mol. The standard InChI is InChI=1S/C76H87N9O11/c1-46(82(8)74(93)94)67(86)80-65(75(2,3)4)70(89)84-42-53(40-62(84)68(87)79-60-33-21-27-48-22-15-16-28-54(48)60)78-72(91)83-37-36-51-38-47(34-35-61(51)83)41-77-69(88)63-39-50-25-13-14-26-52(50)43-85(63,64(45-95-9)49-23-11-10-12-24-49)71(90)66(76(5,6)7)81-73(92)96-44-59-57-31-19-17-29-55(57)56-30-18-20-32-58(56)59/h10-20,22-26,28-32,34-38,46,53,59-60,62-66H,21,27,33,39-45H2,1-9H3,(H5-,77,78,79,80,81,86,87,88,91,92,93,94)/p+1/t46-,53-,60+,62-,63-,64+,65+,66+,85?/m0/s1. The lowest BCUT2D eigenvalue weighted by Gasteiger charge is -2.51. The second kappa shape index (κ2) is 28.0. The van der Waals surface area contributed by atoms with Gasteiger partial charge in [0.15, 0.2) is 12.1 Å². The fourth-order valence-corrected chi connectivity index (χ4v) is 14.7. The van der Waals surface area contributed by atoms with E-state index in [0.717, 1.165) is 67.8 Å². The summed E-state index contributed by atoms with van der Waals surface area (Å²) in [7, 11) is 2.85. The predicted octanol–water partition coefficient (Wildman–Crippen LogP) is 10.3. The summed E-state index contributed by atoms with van der Waals surface area (Å²) >= 11 is 0. The highest BCUT2D eigenvalue weighted by atomic mass is 16.5. The smallest absolute Gasteiger partial charge is 0.407 e. The Morgan fingerprint density at radius 2 is 1.33 bits per heavy atom. The van der Waals surface area contributed by atoms with Crippen LogP contribution in [0, 0.1) is 10.8 Å². The molecule has 20 nitrogen and oxygen atoms in total. The van der Waals surface area contributed by atoms with Crippen molar-refractivity contribution < 1.29 is 57.4 Å². The van der Waals surface area contributed by atoms with Gasteiger partial charge in [-0.25, -0.2) is 23.7 Å². The largest absolute Gasteiger partial charge is 0.465 e. The summed E-state index contributed by atoms with van der Waals surface area (Å²) in [6.07, 6.45) is 2.22. The number of amides is 8. The molecule has 2 aliphatic heterocycles. The number of fused-ring (bicyclic) bond motifs is 6. The van der Waals surface area contributed by atoms with Crippen LogP contribution in [0.1, 0.15) is 130 Å². The highest BCUT2D eigenvalue weighted by molar-refractivity contribution is 5.96. The van der Waals surface area contributed by atoms with Crippen molar-refractivity contribution in [2.45, 2.75) is 148 Å². The van der Waals surface area contributed by atoms with Gasteiger partial charge >= 0.3 is 24.1 Å². The molecule has 0 spiro atoms. The van der Waals surface area contributed by atoms with Crippen molar-refractivity contribution >= 4 is 58.7 Å². The number of quaternary nitrogens is 1. The van der Waals surface area contributed by atoms with Crippen LogP contribution < -0.4 is 26.6 Å². The molecule has 1 aromatic heterocycles. The van der Waals surface area contributed by atoms with Gasteiger partial charge in [0.05, 0.1) is 17.6 Å². The van der Waals surface area contributed by atoms with Crippen molar-refractivity contribution in [1.82, 2.24) is 41.0 Å². The Labute approximate surface area is 560 Å². The molecule has 8 amide bonds. The third kappa shape index (κ3) is 13.8. The fraction of sp³-hybridized carbons (Fsp3) is 0.395. The average Bonchev–Trinajstić information content (AvgIpc) is 1.04. The number of nitrogens with one attached hydrogen (secondary N) is 5. The topological polar surface area (TPSA) is 247 Å². The summed E-state index contributed by atoms with van der Waals surface area (Å²) in [6, 6.07) is 41.0. The van der Waals surface area contributed by atoms with E-state index in [1.165, 1.54) is 23.4 Å². The molecule has 2 aliphatic carbocycles. The molecule has 3 heterocycles. The van der Waals surface area contributed by atoms with Gasteiger partial charge in [-0.3, -0.25) is 28.6 Å². The highest BCUT2D eigenvalue weighted by Crippen LogP contribution is 2.46. The van der Waals surface area contributed by atoms with Crippen molar-refractivity contribution in [3.05, 3.63) is 202 Å². The lowest BCUT2D eigenvalue weighted by Crippen LogP contribution is -2.72. The van der Waals surface area contributed by atoms with Gasteiger partial charge in [-0.15, -0.1) is 0 Å². The van der Waals surface area contributed by atoms with E-state index >= 15 is 9.59 Å². The molecule has 0 saturated carbocycles. The Bertz CT molecular complexity index is 4050. The van der Waals surface area contributed by atoms with Crippen LogP contribution in [0.2, 0.25) is 0 Å². The van der Waals surface area contributed by atoms with Crippen molar-refractivity contribution in [3.8, 4) is 11.1 Å². The molecule has 6 N–H and O–H groups in total. The third-order valence-electron chi connectivity index (χ3n) is 20.0. The quantitative estimate of drug-likeness (QED) is 0.0441. The first kappa shape index (κ1) is 67.7. The first-order valence-electron chi connectivity index (χ1n) is 33.1. The maximum absolute atomic E-state index is 16.5. The molecule has 1 unspecified atom stereocenters. The van der Waals surface area contributed by atoms with Crippen LogP contribution in [0.25, 0.3) is 22.0 Å². The maximum atomic E-state index is 16.5. The zero-order valence-corrected chi connectivity index (χ0v) is 56.1. The van der Waals surface area contributed by atoms with Crippen LogP contribution in [0.5, 0.6) is 0 Å².